The van der Waals surface area contributed by atoms with Gasteiger partial charge < -0.3 is 19.3 Å². The summed E-state index contributed by atoms with van der Waals surface area (Å²) in [6.45, 7) is 4.94. The Labute approximate surface area is 191 Å². The Morgan fingerprint density at radius 3 is 2.61 bits per heavy atom. The predicted octanol–water partition coefficient (Wildman–Crippen LogP) is 2.08. The van der Waals surface area contributed by atoms with Crippen molar-refractivity contribution in [1.29, 1.82) is 0 Å². The Hall–Kier alpha value is -3.95. The van der Waals surface area contributed by atoms with Gasteiger partial charge in [0, 0.05) is 26.3 Å². The van der Waals surface area contributed by atoms with Crippen LogP contribution in [0, 0.1) is 13.8 Å². The van der Waals surface area contributed by atoms with Crippen LogP contribution in [0.4, 0.5) is 0 Å². The topological polar surface area (TPSA) is 103 Å². The van der Waals surface area contributed by atoms with Crippen LogP contribution in [0.5, 0.6) is 17.4 Å². The van der Waals surface area contributed by atoms with Gasteiger partial charge in [-0.25, -0.2) is 14.6 Å². The lowest BCUT2D eigenvalue weighted by atomic mass is 10.2. The van der Waals surface area contributed by atoms with E-state index in [2.05, 4.69) is 15.1 Å². The number of aryl methyl sites for hydroxylation is 2. The number of hydrogen-bond acceptors (Lipinski definition) is 7. The summed E-state index contributed by atoms with van der Waals surface area (Å²) >= 11 is 0. The number of hydrogen-bond donors (Lipinski definition) is 0. The summed E-state index contributed by atoms with van der Waals surface area (Å²) in [7, 11) is 1.69. The Kier molecular flexibility index (Phi) is 6.53. The molecule has 0 unspecified atom stereocenters. The first-order valence-corrected chi connectivity index (χ1v) is 10.7. The van der Waals surface area contributed by atoms with E-state index < -0.39 is 0 Å². The van der Waals surface area contributed by atoms with E-state index in [-0.39, 0.29) is 30.8 Å². The minimum Gasteiger partial charge on any atom is -0.488 e. The van der Waals surface area contributed by atoms with Gasteiger partial charge in [0.2, 0.25) is 11.8 Å². The molecule has 1 aliphatic rings. The first-order chi connectivity index (χ1) is 15.9. The third kappa shape index (κ3) is 5.11. The lowest BCUT2D eigenvalue weighted by Gasteiger charge is -2.26. The fraction of sp³-hybridized carbons (Fsp3) is 0.348. The summed E-state index contributed by atoms with van der Waals surface area (Å²) in [6, 6.07) is 10.5. The molecule has 0 N–H and O–H groups in total. The van der Waals surface area contributed by atoms with E-state index in [1.807, 2.05) is 19.1 Å². The molecule has 33 heavy (non-hydrogen) atoms. The number of benzene rings is 1. The van der Waals surface area contributed by atoms with Gasteiger partial charge in [0.25, 0.3) is 5.91 Å². The lowest BCUT2D eigenvalue weighted by molar-refractivity contribution is -0.132. The fourth-order valence-electron chi connectivity index (χ4n) is 3.54. The van der Waals surface area contributed by atoms with Crippen LogP contribution < -0.4 is 9.47 Å². The van der Waals surface area contributed by atoms with Crippen molar-refractivity contribution in [2.75, 3.05) is 33.3 Å². The third-order valence-corrected chi connectivity index (χ3v) is 5.33. The summed E-state index contributed by atoms with van der Waals surface area (Å²) in [4.78, 5) is 37.9. The van der Waals surface area contributed by atoms with Crippen LogP contribution in [0.1, 0.15) is 22.0 Å². The summed E-state index contributed by atoms with van der Waals surface area (Å²) in [6.07, 6.45) is 1.57. The largest absolute Gasteiger partial charge is 0.488 e. The standard InChI is InChI=1S/C23H26N6O4/c1-16-25-17(2)29(26-16)15-21(30)28-12-11-27(3)23(31)18-7-6-10-24-22(18)33-20-9-5-4-8-19(20)32-14-13-28/h4-10H,11-15H2,1-3H3. The van der Waals surface area contributed by atoms with Crippen molar-refractivity contribution in [3.8, 4) is 17.4 Å². The number of likely N-dealkylation sites (N-methyl/N-ethyl adjacent to an activating group) is 1. The Bertz CT molecular complexity index is 1160. The minimum atomic E-state index is -0.245. The van der Waals surface area contributed by atoms with E-state index in [1.54, 1.807) is 58.9 Å². The molecule has 2 amide bonds. The predicted molar refractivity (Wildman–Crippen MR) is 119 cm³/mol. The molecule has 10 heteroatoms. The zero-order valence-corrected chi connectivity index (χ0v) is 18.9. The molecule has 1 aliphatic heterocycles. The second-order valence-electron chi connectivity index (χ2n) is 7.72. The van der Waals surface area contributed by atoms with Gasteiger partial charge in [0.1, 0.15) is 30.4 Å². The Balaban J connectivity index is 1.61. The molecule has 0 atom stereocenters. The van der Waals surface area contributed by atoms with E-state index in [0.29, 0.717) is 48.3 Å². The SMILES string of the molecule is Cc1nc(C)n(CC(=O)N2CCOc3ccccc3Oc3ncccc3C(=O)N(C)CC2)n1. The molecule has 4 rings (SSSR count). The van der Waals surface area contributed by atoms with Crippen LogP contribution in [0.2, 0.25) is 0 Å². The van der Waals surface area contributed by atoms with Crippen LogP contribution in [0.15, 0.2) is 42.6 Å². The van der Waals surface area contributed by atoms with Gasteiger partial charge in [-0.2, -0.15) is 5.10 Å². The zero-order chi connectivity index (χ0) is 23.4. The van der Waals surface area contributed by atoms with Crippen LogP contribution in [-0.4, -0.2) is 74.7 Å². The fourth-order valence-corrected chi connectivity index (χ4v) is 3.54. The van der Waals surface area contributed by atoms with Crippen molar-refractivity contribution >= 4 is 11.8 Å². The van der Waals surface area contributed by atoms with E-state index >= 15 is 0 Å². The van der Waals surface area contributed by atoms with Gasteiger partial charge in [0.05, 0.1) is 6.54 Å². The number of fused-ring (bicyclic) bond motifs is 2. The van der Waals surface area contributed by atoms with Crippen molar-refractivity contribution in [2.45, 2.75) is 20.4 Å². The van der Waals surface area contributed by atoms with Crippen molar-refractivity contribution in [2.24, 2.45) is 0 Å². The van der Waals surface area contributed by atoms with Gasteiger partial charge in [-0.15, -0.1) is 0 Å². The number of carbonyl (C=O) groups excluding carboxylic acids is 2. The Morgan fingerprint density at radius 1 is 1.06 bits per heavy atom. The van der Waals surface area contributed by atoms with Gasteiger partial charge in [-0.05, 0) is 38.1 Å². The maximum atomic E-state index is 13.1. The van der Waals surface area contributed by atoms with Gasteiger partial charge in [-0.3, -0.25) is 9.59 Å². The highest BCUT2D eigenvalue weighted by atomic mass is 16.5. The van der Waals surface area contributed by atoms with E-state index in [9.17, 15) is 9.59 Å². The van der Waals surface area contributed by atoms with Crippen molar-refractivity contribution in [3.63, 3.8) is 0 Å². The van der Waals surface area contributed by atoms with Crippen LogP contribution in [-0.2, 0) is 11.3 Å². The molecule has 172 valence electrons. The Morgan fingerprint density at radius 2 is 1.85 bits per heavy atom. The second-order valence-corrected chi connectivity index (χ2v) is 7.72. The third-order valence-electron chi connectivity index (χ3n) is 5.33. The molecule has 0 saturated heterocycles. The molecular weight excluding hydrogens is 424 g/mol. The highest BCUT2D eigenvalue weighted by Gasteiger charge is 2.23. The normalized spacial score (nSPS) is 14.7. The quantitative estimate of drug-likeness (QED) is 0.589. The number of para-hydroxylation sites is 2. The van der Waals surface area contributed by atoms with Gasteiger partial charge in [0.15, 0.2) is 11.5 Å². The summed E-state index contributed by atoms with van der Waals surface area (Å²) in [5.41, 5.74) is 0.334. The number of nitrogens with zero attached hydrogens (tertiary/aromatic N) is 6. The molecule has 0 spiro atoms. The number of amides is 2. The van der Waals surface area contributed by atoms with Crippen molar-refractivity contribution in [1.82, 2.24) is 29.5 Å². The molecule has 0 aliphatic carbocycles. The number of pyridine rings is 1. The summed E-state index contributed by atoms with van der Waals surface area (Å²) in [5, 5.41) is 4.28. The van der Waals surface area contributed by atoms with Gasteiger partial charge >= 0.3 is 0 Å². The summed E-state index contributed by atoms with van der Waals surface area (Å²) in [5.74, 6) is 2.06. The average Bonchev–Trinajstić information content (AvgIpc) is 3.12. The number of carbonyl (C=O) groups is 2. The molecular formula is C23H26N6O4. The van der Waals surface area contributed by atoms with Crippen LogP contribution in [0.3, 0.4) is 0 Å². The number of rotatable bonds is 2. The first-order valence-electron chi connectivity index (χ1n) is 10.7. The summed E-state index contributed by atoms with van der Waals surface area (Å²) < 4.78 is 13.5. The van der Waals surface area contributed by atoms with Crippen molar-refractivity contribution in [3.05, 3.63) is 59.8 Å². The van der Waals surface area contributed by atoms with E-state index in [4.69, 9.17) is 9.47 Å². The lowest BCUT2D eigenvalue weighted by Crippen LogP contribution is -2.42. The molecule has 2 aromatic heterocycles. The molecule has 0 bridgehead atoms. The number of aromatic nitrogens is 4. The van der Waals surface area contributed by atoms with Gasteiger partial charge in [-0.1, -0.05) is 12.1 Å². The molecule has 3 aromatic rings. The van der Waals surface area contributed by atoms with Crippen LogP contribution in [0.25, 0.3) is 0 Å². The maximum absolute atomic E-state index is 13.1. The molecule has 0 saturated carbocycles. The highest BCUT2D eigenvalue weighted by Crippen LogP contribution is 2.32. The second kappa shape index (κ2) is 9.68. The monoisotopic (exact) mass is 450 g/mol. The zero-order valence-electron chi connectivity index (χ0n) is 18.9. The molecule has 10 nitrogen and oxygen atoms in total. The first kappa shape index (κ1) is 22.3. The molecule has 0 fully saturated rings. The van der Waals surface area contributed by atoms with E-state index in [0.717, 1.165) is 0 Å². The minimum absolute atomic E-state index is 0.0663. The molecule has 3 heterocycles. The van der Waals surface area contributed by atoms with Crippen LogP contribution >= 0.6 is 0 Å². The molecule has 0 radical (unpaired) electrons. The van der Waals surface area contributed by atoms with Crippen molar-refractivity contribution < 1.29 is 19.1 Å². The average molecular weight is 450 g/mol. The van der Waals surface area contributed by atoms with E-state index in [1.165, 1.54) is 0 Å². The smallest absolute Gasteiger partial charge is 0.259 e. The molecule has 1 aromatic carbocycles. The highest BCUT2D eigenvalue weighted by molar-refractivity contribution is 5.96. The maximum Gasteiger partial charge on any atom is 0.259 e. The number of ether oxygens (including phenoxy) is 2.